The summed E-state index contributed by atoms with van der Waals surface area (Å²) < 4.78 is 14.2. The predicted octanol–water partition coefficient (Wildman–Crippen LogP) is 4.24. The lowest BCUT2D eigenvalue weighted by Crippen LogP contribution is -2.47. The van der Waals surface area contributed by atoms with Crippen molar-refractivity contribution in [2.45, 2.75) is 24.8 Å². The summed E-state index contributed by atoms with van der Waals surface area (Å²) in [6.07, 6.45) is 0. The SMILES string of the molecule is Cc1nc(SCc2ccc(C(=O)N3CCN(C)CC3)cc2)nc(N2CCN(c3ccccc3F)CC2)c1C. The van der Waals surface area contributed by atoms with E-state index in [0.717, 1.165) is 91.5 Å². The minimum atomic E-state index is -0.176. The summed E-state index contributed by atoms with van der Waals surface area (Å²) in [6.45, 7) is 10.5. The lowest BCUT2D eigenvalue weighted by atomic mass is 10.1. The first-order valence-electron chi connectivity index (χ1n) is 13.2. The van der Waals surface area contributed by atoms with Gasteiger partial charge in [0.2, 0.25) is 0 Å². The van der Waals surface area contributed by atoms with E-state index in [9.17, 15) is 9.18 Å². The van der Waals surface area contributed by atoms with Crippen LogP contribution in [0.15, 0.2) is 53.7 Å². The van der Waals surface area contributed by atoms with Crippen LogP contribution in [0.1, 0.15) is 27.2 Å². The number of halogens is 1. The Morgan fingerprint density at radius 1 is 0.868 bits per heavy atom. The van der Waals surface area contributed by atoms with Crippen molar-refractivity contribution in [1.29, 1.82) is 0 Å². The smallest absolute Gasteiger partial charge is 0.253 e. The molecular weight excluding hydrogens is 499 g/mol. The number of piperazine rings is 2. The zero-order valence-corrected chi connectivity index (χ0v) is 23.2. The van der Waals surface area contributed by atoms with Crippen molar-refractivity contribution >= 4 is 29.2 Å². The fourth-order valence-electron chi connectivity index (χ4n) is 4.91. The molecule has 5 rings (SSSR count). The van der Waals surface area contributed by atoms with Crippen LogP contribution in [0.5, 0.6) is 0 Å². The third-order valence-electron chi connectivity index (χ3n) is 7.47. The molecule has 38 heavy (non-hydrogen) atoms. The molecule has 0 saturated carbocycles. The highest BCUT2D eigenvalue weighted by Gasteiger charge is 2.23. The van der Waals surface area contributed by atoms with Gasteiger partial charge in [-0.15, -0.1) is 0 Å². The van der Waals surface area contributed by atoms with E-state index in [0.29, 0.717) is 5.69 Å². The molecule has 0 aliphatic carbocycles. The van der Waals surface area contributed by atoms with Gasteiger partial charge in [-0.1, -0.05) is 36.0 Å². The van der Waals surface area contributed by atoms with Crippen LogP contribution in [-0.4, -0.2) is 85.1 Å². The molecule has 3 heterocycles. The number of benzene rings is 2. The maximum absolute atomic E-state index is 14.2. The molecule has 2 saturated heterocycles. The van der Waals surface area contributed by atoms with Gasteiger partial charge >= 0.3 is 0 Å². The average molecular weight is 535 g/mol. The molecule has 2 aliphatic rings. The maximum Gasteiger partial charge on any atom is 0.253 e. The van der Waals surface area contributed by atoms with E-state index in [1.807, 2.05) is 48.2 Å². The molecule has 7 nitrogen and oxygen atoms in total. The number of nitrogens with zero attached hydrogens (tertiary/aromatic N) is 6. The van der Waals surface area contributed by atoms with E-state index in [1.165, 1.54) is 6.07 Å². The summed E-state index contributed by atoms with van der Waals surface area (Å²) in [5.41, 5.74) is 4.59. The van der Waals surface area contributed by atoms with Crippen LogP contribution in [0.4, 0.5) is 15.9 Å². The Bertz CT molecular complexity index is 1270. The van der Waals surface area contributed by atoms with Crippen LogP contribution in [0.2, 0.25) is 0 Å². The van der Waals surface area contributed by atoms with Gasteiger partial charge < -0.3 is 19.6 Å². The van der Waals surface area contributed by atoms with Crippen molar-refractivity contribution in [3.63, 3.8) is 0 Å². The first kappa shape index (κ1) is 26.4. The van der Waals surface area contributed by atoms with Crippen molar-refractivity contribution in [2.24, 2.45) is 0 Å². The third-order valence-corrected chi connectivity index (χ3v) is 8.39. The number of carbonyl (C=O) groups is 1. The molecule has 0 bridgehead atoms. The molecular formula is C29H35FN6OS. The quantitative estimate of drug-likeness (QED) is 0.346. The number of carbonyl (C=O) groups excluding carboxylic acids is 1. The highest BCUT2D eigenvalue weighted by atomic mass is 32.2. The molecule has 3 aromatic rings. The molecule has 2 aliphatic heterocycles. The Hall–Kier alpha value is -3.17. The van der Waals surface area contributed by atoms with E-state index >= 15 is 0 Å². The molecule has 9 heteroatoms. The number of hydrogen-bond donors (Lipinski definition) is 0. The van der Waals surface area contributed by atoms with Crippen molar-refractivity contribution in [3.8, 4) is 0 Å². The van der Waals surface area contributed by atoms with Gasteiger partial charge in [0.25, 0.3) is 5.91 Å². The Balaban J connectivity index is 1.20. The molecule has 0 unspecified atom stereocenters. The lowest BCUT2D eigenvalue weighted by molar-refractivity contribution is 0.0664. The van der Waals surface area contributed by atoms with Gasteiger partial charge in [0.15, 0.2) is 5.16 Å². The predicted molar refractivity (Wildman–Crippen MR) is 152 cm³/mol. The summed E-state index contributed by atoms with van der Waals surface area (Å²) in [4.78, 5) is 31.0. The number of likely N-dealkylation sites (N-methyl/N-ethyl adjacent to an activating group) is 1. The summed E-state index contributed by atoms with van der Waals surface area (Å²) in [5.74, 6) is 1.62. The third kappa shape index (κ3) is 5.94. The van der Waals surface area contributed by atoms with Gasteiger partial charge in [-0.05, 0) is 50.7 Å². The van der Waals surface area contributed by atoms with Crippen molar-refractivity contribution < 1.29 is 9.18 Å². The van der Waals surface area contributed by atoms with E-state index < -0.39 is 0 Å². The second kappa shape index (κ2) is 11.7. The van der Waals surface area contributed by atoms with Crippen molar-refractivity contribution in [3.05, 3.63) is 76.7 Å². The number of thioether (sulfide) groups is 1. The number of hydrogen-bond acceptors (Lipinski definition) is 7. The zero-order valence-electron chi connectivity index (χ0n) is 22.4. The number of para-hydroxylation sites is 1. The Morgan fingerprint density at radius 3 is 2.21 bits per heavy atom. The summed E-state index contributed by atoms with van der Waals surface area (Å²) in [5, 5.41) is 0.747. The van der Waals surface area contributed by atoms with Gasteiger partial charge in [0, 0.05) is 74.9 Å². The number of rotatable bonds is 6. The van der Waals surface area contributed by atoms with E-state index in [4.69, 9.17) is 9.97 Å². The molecule has 2 fully saturated rings. The Labute approximate surface area is 228 Å². The van der Waals surface area contributed by atoms with Crippen LogP contribution in [0.3, 0.4) is 0 Å². The van der Waals surface area contributed by atoms with E-state index in [1.54, 1.807) is 17.8 Å². The number of aryl methyl sites for hydroxylation is 1. The molecule has 2 aromatic carbocycles. The summed E-state index contributed by atoms with van der Waals surface area (Å²) in [7, 11) is 2.09. The van der Waals surface area contributed by atoms with Gasteiger partial charge in [0.1, 0.15) is 11.6 Å². The van der Waals surface area contributed by atoms with Crippen LogP contribution in [0, 0.1) is 19.7 Å². The second-order valence-electron chi connectivity index (χ2n) is 10.0. The minimum absolute atomic E-state index is 0.106. The fourth-order valence-corrected chi connectivity index (χ4v) is 5.75. The molecule has 0 spiro atoms. The van der Waals surface area contributed by atoms with Crippen molar-refractivity contribution in [2.75, 3.05) is 69.2 Å². The first-order valence-corrected chi connectivity index (χ1v) is 14.2. The van der Waals surface area contributed by atoms with Crippen LogP contribution < -0.4 is 9.80 Å². The topological polar surface area (TPSA) is 55.8 Å². The molecule has 1 amide bonds. The number of anilines is 2. The van der Waals surface area contributed by atoms with Gasteiger partial charge in [-0.25, -0.2) is 14.4 Å². The monoisotopic (exact) mass is 534 g/mol. The lowest BCUT2D eigenvalue weighted by Gasteiger charge is -2.37. The normalized spacial score (nSPS) is 16.7. The molecule has 0 atom stereocenters. The highest BCUT2D eigenvalue weighted by molar-refractivity contribution is 7.98. The summed E-state index contributed by atoms with van der Waals surface area (Å²) >= 11 is 1.61. The number of aromatic nitrogens is 2. The molecule has 1 aromatic heterocycles. The zero-order chi connectivity index (χ0) is 26.6. The highest BCUT2D eigenvalue weighted by Crippen LogP contribution is 2.28. The minimum Gasteiger partial charge on any atom is -0.366 e. The molecule has 200 valence electrons. The maximum atomic E-state index is 14.2. The summed E-state index contributed by atoms with van der Waals surface area (Å²) in [6, 6.07) is 14.9. The van der Waals surface area contributed by atoms with E-state index in [2.05, 4.69) is 28.7 Å². The Kier molecular flexibility index (Phi) is 8.14. The largest absolute Gasteiger partial charge is 0.366 e. The first-order chi connectivity index (χ1) is 18.4. The van der Waals surface area contributed by atoms with Gasteiger partial charge in [-0.3, -0.25) is 4.79 Å². The van der Waals surface area contributed by atoms with Crippen LogP contribution in [0.25, 0.3) is 0 Å². The number of amides is 1. The van der Waals surface area contributed by atoms with Crippen LogP contribution in [-0.2, 0) is 5.75 Å². The van der Waals surface area contributed by atoms with Gasteiger partial charge in [-0.2, -0.15) is 0 Å². The molecule has 0 N–H and O–H groups in total. The van der Waals surface area contributed by atoms with E-state index in [-0.39, 0.29) is 11.7 Å². The van der Waals surface area contributed by atoms with Crippen LogP contribution >= 0.6 is 11.8 Å². The van der Waals surface area contributed by atoms with Gasteiger partial charge in [0.05, 0.1) is 5.69 Å². The standard InChI is InChI=1S/C29H35FN6OS/c1-21-22(2)31-29(32-27(21)35-18-16-34(17-19-35)26-7-5-4-6-25(26)30)38-20-23-8-10-24(11-9-23)28(37)36-14-12-33(3)13-15-36/h4-11H,12-20H2,1-3H3. The average Bonchev–Trinajstić information content (AvgIpc) is 2.94. The Morgan fingerprint density at radius 2 is 1.53 bits per heavy atom. The second-order valence-corrected chi connectivity index (χ2v) is 11.0. The fraction of sp³-hybridized carbons (Fsp3) is 0.414. The van der Waals surface area contributed by atoms with Crippen molar-refractivity contribution in [1.82, 2.24) is 19.8 Å². The molecule has 0 radical (unpaired) electrons.